The van der Waals surface area contributed by atoms with Gasteiger partial charge in [-0.3, -0.25) is 9.78 Å². The van der Waals surface area contributed by atoms with Crippen LogP contribution in [0.2, 0.25) is 0 Å². The van der Waals surface area contributed by atoms with E-state index in [0.717, 1.165) is 18.7 Å². The Kier molecular flexibility index (Phi) is 3.74. The van der Waals surface area contributed by atoms with Crippen LogP contribution in [0.3, 0.4) is 0 Å². The van der Waals surface area contributed by atoms with Crippen molar-refractivity contribution in [1.82, 2.24) is 14.8 Å². The first-order chi connectivity index (χ1) is 9.67. The molecule has 3 rings (SSSR count). The average molecular weight is 273 g/mol. The Morgan fingerprint density at radius 2 is 1.85 bits per heavy atom. The molecule has 2 aliphatic heterocycles. The predicted octanol–water partition coefficient (Wildman–Crippen LogP) is 1.57. The highest BCUT2D eigenvalue weighted by Crippen LogP contribution is 2.40. The minimum Gasteiger partial charge on any atom is -0.342 e. The Morgan fingerprint density at radius 1 is 1.20 bits per heavy atom. The second-order valence-corrected chi connectivity index (χ2v) is 6.40. The van der Waals surface area contributed by atoms with Crippen LogP contribution in [0.5, 0.6) is 0 Å². The van der Waals surface area contributed by atoms with Gasteiger partial charge in [-0.15, -0.1) is 0 Å². The Bertz CT molecular complexity index is 466. The van der Waals surface area contributed by atoms with E-state index in [4.69, 9.17) is 0 Å². The number of piperidine rings is 1. The van der Waals surface area contributed by atoms with Gasteiger partial charge in [0.2, 0.25) is 5.91 Å². The SMILES string of the molecule is CN1CCC2(CC1)CCN(C(=O)Cc1ccncc1)C2. The smallest absolute Gasteiger partial charge is 0.227 e. The summed E-state index contributed by atoms with van der Waals surface area (Å²) in [6, 6.07) is 3.86. The Morgan fingerprint density at radius 3 is 2.55 bits per heavy atom. The molecule has 0 radical (unpaired) electrons. The summed E-state index contributed by atoms with van der Waals surface area (Å²) < 4.78 is 0. The van der Waals surface area contributed by atoms with Crippen LogP contribution >= 0.6 is 0 Å². The van der Waals surface area contributed by atoms with Gasteiger partial charge < -0.3 is 9.80 Å². The van der Waals surface area contributed by atoms with Crippen LogP contribution in [-0.2, 0) is 11.2 Å². The second kappa shape index (κ2) is 5.52. The summed E-state index contributed by atoms with van der Waals surface area (Å²) in [5, 5.41) is 0. The normalized spacial score (nSPS) is 22.4. The highest BCUT2D eigenvalue weighted by Gasteiger charge is 2.41. The Hall–Kier alpha value is -1.42. The van der Waals surface area contributed by atoms with E-state index in [0.29, 0.717) is 11.8 Å². The van der Waals surface area contributed by atoms with Gasteiger partial charge in [-0.2, -0.15) is 0 Å². The van der Waals surface area contributed by atoms with E-state index in [1.165, 1.54) is 32.4 Å². The molecule has 4 nitrogen and oxygen atoms in total. The molecule has 1 amide bonds. The van der Waals surface area contributed by atoms with Crippen molar-refractivity contribution in [3.05, 3.63) is 30.1 Å². The van der Waals surface area contributed by atoms with Crippen LogP contribution in [0.15, 0.2) is 24.5 Å². The van der Waals surface area contributed by atoms with Crippen LogP contribution in [0.4, 0.5) is 0 Å². The fourth-order valence-corrected chi connectivity index (χ4v) is 3.44. The topological polar surface area (TPSA) is 36.4 Å². The number of pyridine rings is 1. The zero-order valence-electron chi connectivity index (χ0n) is 12.2. The minimum atomic E-state index is 0.270. The first-order valence-corrected chi connectivity index (χ1v) is 7.52. The lowest BCUT2D eigenvalue weighted by Gasteiger charge is -2.37. The summed E-state index contributed by atoms with van der Waals surface area (Å²) in [6.45, 7) is 4.25. The van der Waals surface area contributed by atoms with Gasteiger partial charge in [-0.1, -0.05) is 0 Å². The molecule has 3 heterocycles. The maximum absolute atomic E-state index is 12.4. The number of amides is 1. The second-order valence-electron chi connectivity index (χ2n) is 6.40. The molecular weight excluding hydrogens is 250 g/mol. The fourth-order valence-electron chi connectivity index (χ4n) is 3.44. The van der Waals surface area contributed by atoms with Gasteiger partial charge in [0.05, 0.1) is 6.42 Å². The zero-order valence-corrected chi connectivity index (χ0v) is 12.2. The molecule has 1 aromatic heterocycles. The lowest BCUT2D eigenvalue weighted by atomic mass is 9.78. The van der Waals surface area contributed by atoms with Crippen molar-refractivity contribution in [3.63, 3.8) is 0 Å². The summed E-state index contributed by atoms with van der Waals surface area (Å²) in [5.74, 6) is 0.270. The van der Waals surface area contributed by atoms with Crippen molar-refractivity contribution in [2.24, 2.45) is 5.41 Å². The summed E-state index contributed by atoms with van der Waals surface area (Å²) in [5.41, 5.74) is 1.47. The van der Waals surface area contributed by atoms with E-state index in [2.05, 4.69) is 21.8 Å². The number of likely N-dealkylation sites (tertiary alicyclic amines) is 2. The molecule has 0 saturated carbocycles. The highest BCUT2D eigenvalue weighted by molar-refractivity contribution is 5.79. The number of hydrogen-bond acceptors (Lipinski definition) is 3. The molecule has 0 atom stereocenters. The number of rotatable bonds is 2. The first-order valence-electron chi connectivity index (χ1n) is 7.52. The molecule has 0 N–H and O–H groups in total. The lowest BCUT2D eigenvalue weighted by Crippen LogP contribution is -2.40. The van der Waals surface area contributed by atoms with E-state index < -0.39 is 0 Å². The number of carbonyl (C=O) groups is 1. The summed E-state index contributed by atoms with van der Waals surface area (Å²) >= 11 is 0. The number of hydrogen-bond donors (Lipinski definition) is 0. The van der Waals surface area contributed by atoms with E-state index in [1.54, 1.807) is 12.4 Å². The molecule has 0 unspecified atom stereocenters. The zero-order chi connectivity index (χ0) is 14.0. The van der Waals surface area contributed by atoms with Gasteiger partial charge in [-0.25, -0.2) is 0 Å². The van der Waals surface area contributed by atoms with Crippen molar-refractivity contribution in [2.45, 2.75) is 25.7 Å². The van der Waals surface area contributed by atoms with Crippen molar-refractivity contribution < 1.29 is 4.79 Å². The van der Waals surface area contributed by atoms with Crippen LogP contribution in [0.1, 0.15) is 24.8 Å². The molecule has 0 aliphatic carbocycles. The van der Waals surface area contributed by atoms with Crippen LogP contribution < -0.4 is 0 Å². The number of aromatic nitrogens is 1. The Balaban J connectivity index is 1.58. The molecule has 0 aromatic carbocycles. The van der Waals surface area contributed by atoms with Crippen molar-refractivity contribution in [2.75, 3.05) is 33.2 Å². The maximum atomic E-state index is 12.4. The van der Waals surface area contributed by atoms with Crippen molar-refractivity contribution >= 4 is 5.91 Å². The standard InChI is InChI=1S/C16H23N3O/c1-18-9-4-16(5-10-18)6-11-19(13-16)15(20)12-14-2-7-17-8-3-14/h2-3,7-8H,4-6,9-13H2,1H3. The first kappa shape index (κ1) is 13.6. The third-order valence-electron chi connectivity index (χ3n) is 4.94. The maximum Gasteiger partial charge on any atom is 0.227 e. The highest BCUT2D eigenvalue weighted by atomic mass is 16.2. The van der Waals surface area contributed by atoms with Gasteiger partial charge in [-0.05, 0) is 62.5 Å². The third-order valence-corrected chi connectivity index (χ3v) is 4.94. The molecule has 2 aliphatic rings. The molecular formula is C16H23N3O. The predicted molar refractivity (Wildman–Crippen MR) is 78.3 cm³/mol. The monoisotopic (exact) mass is 273 g/mol. The largest absolute Gasteiger partial charge is 0.342 e. The van der Waals surface area contributed by atoms with Gasteiger partial charge in [0.1, 0.15) is 0 Å². The molecule has 2 fully saturated rings. The van der Waals surface area contributed by atoms with E-state index in [1.807, 2.05) is 12.1 Å². The Labute approximate surface area is 120 Å². The van der Waals surface area contributed by atoms with Crippen LogP contribution in [-0.4, -0.2) is 53.9 Å². The van der Waals surface area contributed by atoms with Crippen molar-refractivity contribution in [3.8, 4) is 0 Å². The number of carbonyl (C=O) groups excluding carboxylic acids is 1. The molecule has 1 aromatic rings. The molecule has 20 heavy (non-hydrogen) atoms. The minimum absolute atomic E-state index is 0.270. The van der Waals surface area contributed by atoms with Crippen LogP contribution in [0, 0.1) is 5.41 Å². The third kappa shape index (κ3) is 2.85. The van der Waals surface area contributed by atoms with Gasteiger partial charge in [0.15, 0.2) is 0 Å². The number of nitrogens with zero attached hydrogens (tertiary/aromatic N) is 3. The van der Waals surface area contributed by atoms with E-state index >= 15 is 0 Å². The molecule has 4 heteroatoms. The van der Waals surface area contributed by atoms with Crippen LogP contribution in [0.25, 0.3) is 0 Å². The van der Waals surface area contributed by atoms with Gasteiger partial charge in [0, 0.05) is 25.5 Å². The fraction of sp³-hybridized carbons (Fsp3) is 0.625. The quantitative estimate of drug-likeness (QED) is 0.820. The van der Waals surface area contributed by atoms with E-state index in [9.17, 15) is 4.79 Å². The summed E-state index contributed by atoms with van der Waals surface area (Å²) in [6.07, 6.45) is 7.68. The summed E-state index contributed by atoms with van der Waals surface area (Å²) in [4.78, 5) is 20.9. The average Bonchev–Trinajstić information content (AvgIpc) is 2.88. The molecule has 2 saturated heterocycles. The lowest BCUT2D eigenvalue weighted by molar-refractivity contribution is -0.130. The molecule has 0 bridgehead atoms. The van der Waals surface area contributed by atoms with Crippen molar-refractivity contribution in [1.29, 1.82) is 0 Å². The molecule has 1 spiro atoms. The van der Waals surface area contributed by atoms with Gasteiger partial charge in [0.25, 0.3) is 0 Å². The van der Waals surface area contributed by atoms with Gasteiger partial charge >= 0.3 is 0 Å². The van der Waals surface area contributed by atoms with E-state index in [-0.39, 0.29) is 5.91 Å². The molecule has 108 valence electrons. The summed E-state index contributed by atoms with van der Waals surface area (Å²) in [7, 11) is 2.19.